The van der Waals surface area contributed by atoms with Crippen LogP contribution in [0.5, 0.6) is 11.5 Å². The number of nitrogens with two attached hydrogens (primary N) is 2. The summed E-state index contributed by atoms with van der Waals surface area (Å²) in [6.07, 6.45) is 0.0182. The summed E-state index contributed by atoms with van der Waals surface area (Å²) in [6, 6.07) is 7.33. The van der Waals surface area contributed by atoms with E-state index in [0.29, 0.717) is 40.2 Å². The van der Waals surface area contributed by atoms with Gasteiger partial charge >= 0.3 is 0 Å². The number of rotatable bonds is 8. The first-order valence-corrected chi connectivity index (χ1v) is 10.6. The molecule has 1 aromatic heterocycles. The predicted molar refractivity (Wildman–Crippen MR) is 116 cm³/mol. The van der Waals surface area contributed by atoms with Crippen molar-refractivity contribution in [2.24, 2.45) is 5.73 Å². The molecule has 5 N–H and O–H groups in total. The fraction of sp³-hybridized carbons (Fsp3) is 0.300. The van der Waals surface area contributed by atoms with Gasteiger partial charge in [0.05, 0.1) is 36.6 Å². The lowest BCUT2D eigenvalue weighted by Gasteiger charge is -2.27. The second-order valence-electron chi connectivity index (χ2n) is 6.96. The molecule has 0 bridgehead atoms. The Kier molecular flexibility index (Phi) is 6.54. The Morgan fingerprint density at radius 3 is 2.68 bits per heavy atom. The van der Waals surface area contributed by atoms with E-state index in [1.807, 2.05) is 6.07 Å². The Morgan fingerprint density at radius 2 is 2.00 bits per heavy atom. The van der Waals surface area contributed by atoms with Gasteiger partial charge in [0.25, 0.3) is 0 Å². The van der Waals surface area contributed by atoms with Crippen LogP contribution in [0.1, 0.15) is 0 Å². The summed E-state index contributed by atoms with van der Waals surface area (Å²) in [5.74, 6) is -0.0852. The summed E-state index contributed by atoms with van der Waals surface area (Å²) in [5.41, 5.74) is 13.3. The summed E-state index contributed by atoms with van der Waals surface area (Å²) in [4.78, 5) is 0. The molecule has 2 heterocycles. The zero-order valence-corrected chi connectivity index (χ0v) is 17.8. The molecular formula is C20H20ClFN4O4S. The molecule has 1 saturated heterocycles. The Bertz CT molecular complexity index is 1080. The summed E-state index contributed by atoms with van der Waals surface area (Å²) < 4.78 is 30.6. The molecule has 4 rings (SSSR count). The van der Waals surface area contributed by atoms with E-state index in [-0.39, 0.29) is 30.1 Å². The maximum atomic E-state index is 14.5. The molecule has 0 saturated carbocycles. The van der Waals surface area contributed by atoms with E-state index in [1.54, 1.807) is 12.1 Å². The van der Waals surface area contributed by atoms with Gasteiger partial charge in [-0.3, -0.25) is 0 Å². The minimum absolute atomic E-state index is 0.0182. The standard InChI is InChI=1S/C20H20ClFN4O4S/c21-14-5-18(29-7-11(23)6-27)15(22)4-13(14)20-26-25-19(31-20)10-1-2-17(16(24)3-10)30-12-8-28-9-12/h1-5,11-12,27H,6-9,23-24H2/t11-/m1/s1. The third-order valence-corrected chi connectivity index (χ3v) is 5.84. The van der Waals surface area contributed by atoms with Gasteiger partial charge in [0.2, 0.25) is 0 Å². The molecule has 1 fully saturated rings. The van der Waals surface area contributed by atoms with Gasteiger partial charge in [-0.05, 0) is 24.3 Å². The molecule has 0 spiro atoms. The number of aliphatic hydroxyl groups excluding tert-OH is 1. The van der Waals surface area contributed by atoms with Crippen molar-refractivity contribution >= 4 is 28.6 Å². The van der Waals surface area contributed by atoms with E-state index in [2.05, 4.69) is 10.2 Å². The number of nitrogen functional groups attached to an aromatic ring is 1. The van der Waals surface area contributed by atoms with Gasteiger partial charge in [0.1, 0.15) is 28.5 Å². The first-order valence-electron chi connectivity index (χ1n) is 9.41. The normalized spacial score (nSPS) is 14.8. The maximum Gasteiger partial charge on any atom is 0.165 e. The molecule has 0 unspecified atom stereocenters. The molecule has 3 aromatic rings. The van der Waals surface area contributed by atoms with Gasteiger partial charge in [0, 0.05) is 17.2 Å². The second kappa shape index (κ2) is 9.33. The topological polar surface area (TPSA) is 126 Å². The molecule has 0 aliphatic carbocycles. The number of aromatic nitrogens is 2. The Labute approximate surface area is 186 Å². The van der Waals surface area contributed by atoms with Crippen LogP contribution in [0.4, 0.5) is 10.1 Å². The third-order valence-electron chi connectivity index (χ3n) is 4.52. The maximum absolute atomic E-state index is 14.5. The Balaban J connectivity index is 1.53. The quantitative estimate of drug-likeness (QED) is 0.432. The highest BCUT2D eigenvalue weighted by Crippen LogP contribution is 2.38. The van der Waals surface area contributed by atoms with Crippen molar-refractivity contribution in [1.82, 2.24) is 10.2 Å². The average molecular weight is 467 g/mol. The molecule has 31 heavy (non-hydrogen) atoms. The highest BCUT2D eigenvalue weighted by molar-refractivity contribution is 7.18. The summed E-state index contributed by atoms with van der Waals surface area (Å²) >= 11 is 7.57. The summed E-state index contributed by atoms with van der Waals surface area (Å²) in [5, 5.41) is 18.6. The number of nitrogens with zero attached hydrogens (tertiary/aromatic N) is 2. The number of hydrogen-bond acceptors (Lipinski definition) is 9. The Hall–Kier alpha value is -2.50. The van der Waals surface area contributed by atoms with E-state index >= 15 is 0 Å². The van der Waals surface area contributed by atoms with Gasteiger partial charge in [-0.2, -0.15) is 0 Å². The van der Waals surface area contributed by atoms with Crippen LogP contribution in [-0.4, -0.2) is 53.9 Å². The van der Waals surface area contributed by atoms with Crippen LogP contribution in [0.25, 0.3) is 21.1 Å². The number of halogens is 2. The van der Waals surface area contributed by atoms with Crippen LogP contribution in [0.15, 0.2) is 30.3 Å². The second-order valence-corrected chi connectivity index (χ2v) is 8.34. The van der Waals surface area contributed by atoms with Crippen molar-refractivity contribution in [1.29, 1.82) is 0 Å². The van der Waals surface area contributed by atoms with Gasteiger partial charge in [-0.25, -0.2) is 4.39 Å². The summed E-state index contributed by atoms with van der Waals surface area (Å²) in [7, 11) is 0. The van der Waals surface area contributed by atoms with E-state index in [4.69, 9.17) is 42.4 Å². The molecule has 1 aliphatic heterocycles. The molecule has 1 atom stereocenters. The van der Waals surface area contributed by atoms with E-state index in [0.717, 1.165) is 5.56 Å². The summed E-state index contributed by atoms with van der Waals surface area (Å²) in [6.45, 7) is 0.793. The molecule has 0 amide bonds. The van der Waals surface area contributed by atoms with E-state index in [9.17, 15) is 4.39 Å². The lowest BCUT2D eigenvalue weighted by Crippen LogP contribution is -2.38. The largest absolute Gasteiger partial charge is 0.489 e. The first kappa shape index (κ1) is 21.7. The minimum atomic E-state index is -0.619. The molecular weight excluding hydrogens is 447 g/mol. The van der Waals surface area contributed by atoms with Crippen molar-refractivity contribution < 1.29 is 23.7 Å². The van der Waals surface area contributed by atoms with Crippen molar-refractivity contribution in [3.63, 3.8) is 0 Å². The fourth-order valence-electron chi connectivity index (χ4n) is 2.75. The highest BCUT2D eigenvalue weighted by atomic mass is 35.5. The SMILES string of the molecule is Nc1cc(-c2nnc(-c3cc(F)c(OC[C@H](N)CO)cc3Cl)s2)ccc1OC1COC1. The lowest BCUT2D eigenvalue weighted by atomic mass is 10.2. The van der Waals surface area contributed by atoms with Crippen molar-refractivity contribution in [2.75, 3.05) is 32.2 Å². The van der Waals surface area contributed by atoms with Crippen LogP contribution < -0.4 is 20.9 Å². The van der Waals surface area contributed by atoms with Crippen LogP contribution >= 0.6 is 22.9 Å². The van der Waals surface area contributed by atoms with Crippen LogP contribution in [-0.2, 0) is 4.74 Å². The Morgan fingerprint density at radius 1 is 1.23 bits per heavy atom. The third kappa shape index (κ3) is 4.89. The van der Waals surface area contributed by atoms with Crippen LogP contribution in [0.3, 0.4) is 0 Å². The smallest absolute Gasteiger partial charge is 0.165 e. The van der Waals surface area contributed by atoms with Crippen LogP contribution in [0.2, 0.25) is 5.02 Å². The fourth-order valence-corrected chi connectivity index (χ4v) is 3.92. The van der Waals surface area contributed by atoms with Gasteiger partial charge in [-0.15, -0.1) is 10.2 Å². The zero-order valence-electron chi connectivity index (χ0n) is 16.3. The highest BCUT2D eigenvalue weighted by Gasteiger charge is 2.21. The average Bonchev–Trinajstić information content (AvgIpc) is 3.21. The number of ether oxygens (including phenoxy) is 3. The van der Waals surface area contributed by atoms with Crippen LogP contribution in [0, 0.1) is 5.82 Å². The number of benzene rings is 2. The minimum Gasteiger partial charge on any atom is -0.489 e. The first-order chi connectivity index (χ1) is 14.9. The van der Waals surface area contributed by atoms with Crippen molar-refractivity contribution in [3.8, 4) is 32.6 Å². The monoisotopic (exact) mass is 466 g/mol. The molecule has 2 aromatic carbocycles. The molecule has 8 nitrogen and oxygen atoms in total. The number of anilines is 1. The molecule has 0 radical (unpaired) electrons. The predicted octanol–water partition coefficient (Wildman–Crippen LogP) is 2.72. The van der Waals surface area contributed by atoms with E-state index in [1.165, 1.54) is 23.5 Å². The lowest BCUT2D eigenvalue weighted by molar-refractivity contribution is -0.0793. The molecule has 164 valence electrons. The molecule has 1 aliphatic rings. The molecule has 11 heteroatoms. The van der Waals surface area contributed by atoms with Gasteiger partial charge in [-0.1, -0.05) is 22.9 Å². The van der Waals surface area contributed by atoms with Gasteiger partial charge < -0.3 is 30.8 Å². The van der Waals surface area contributed by atoms with Crippen molar-refractivity contribution in [3.05, 3.63) is 41.2 Å². The van der Waals surface area contributed by atoms with Crippen molar-refractivity contribution in [2.45, 2.75) is 12.1 Å². The zero-order chi connectivity index (χ0) is 22.0. The number of hydrogen-bond donors (Lipinski definition) is 3. The van der Waals surface area contributed by atoms with Gasteiger partial charge in [0.15, 0.2) is 11.6 Å². The number of aliphatic hydroxyl groups is 1. The van der Waals surface area contributed by atoms with E-state index < -0.39 is 11.9 Å².